The molecule has 0 radical (unpaired) electrons. The van der Waals surface area contributed by atoms with Gasteiger partial charge in [0, 0.05) is 41.0 Å². The quantitative estimate of drug-likeness (QED) is 0.489. The fourth-order valence-electron chi connectivity index (χ4n) is 3.38. The van der Waals surface area contributed by atoms with Crippen LogP contribution in [0.1, 0.15) is 16.1 Å². The highest BCUT2D eigenvalue weighted by Gasteiger charge is 2.24. The summed E-state index contributed by atoms with van der Waals surface area (Å²) in [5.41, 5.74) is 4.64. The molecular formula is C23H18ClN3O3. The molecule has 30 heavy (non-hydrogen) atoms. The lowest BCUT2D eigenvalue weighted by molar-refractivity contribution is 0.0461. The van der Waals surface area contributed by atoms with E-state index in [1.807, 2.05) is 36.4 Å². The third-order valence-electron chi connectivity index (χ3n) is 4.72. The highest BCUT2D eigenvalue weighted by Crippen LogP contribution is 2.32. The van der Waals surface area contributed by atoms with Crippen LogP contribution in [0.15, 0.2) is 77.9 Å². The van der Waals surface area contributed by atoms with Crippen molar-refractivity contribution in [2.45, 2.75) is 6.61 Å². The molecule has 0 bridgehead atoms. The zero-order valence-corrected chi connectivity index (χ0v) is 16.9. The van der Waals surface area contributed by atoms with Crippen molar-refractivity contribution in [2.75, 3.05) is 12.5 Å². The van der Waals surface area contributed by atoms with Gasteiger partial charge in [0.05, 0.1) is 0 Å². The van der Waals surface area contributed by atoms with E-state index in [1.165, 1.54) is 4.68 Å². The molecule has 6 nitrogen and oxygen atoms in total. The number of rotatable bonds is 5. The molecule has 2 heterocycles. The normalized spacial score (nSPS) is 10.7. The molecule has 2 aromatic carbocycles. The number of hydrogen-bond acceptors (Lipinski definition) is 5. The first kappa shape index (κ1) is 19.7. The minimum atomic E-state index is -0.633. The number of aromatic nitrogens is 2. The van der Waals surface area contributed by atoms with E-state index < -0.39 is 5.97 Å². The summed E-state index contributed by atoms with van der Waals surface area (Å²) in [4.78, 5) is 30.3. The number of benzene rings is 2. The summed E-state index contributed by atoms with van der Waals surface area (Å²) in [5, 5.41) is 1.49. The van der Waals surface area contributed by atoms with E-state index in [-0.39, 0.29) is 17.9 Å². The minimum Gasteiger partial charge on any atom is -0.456 e. The lowest BCUT2D eigenvalue weighted by atomic mass is 9.97. The summed E-state index contributed by atoms with van der Waals surface area (Å²) < 4.78 is 6.75. The molecule has 0 aliphatic heterocycles. The van der Waals surface area contributed by atoms with Crippen LogP contribution >= 0.6 is 11.6 Å². The van der Waals surface area contributed by atoms with Crippen LogP contribution in [-0.4, -0.2) is 22.7 Å². The number of carbonyl (C=O) groups excluding carboxylic acids is 1. The van der Waals surface area contributed by atoms with Crippen molar-refractivity contribution in [3.05, 3.63) is 99.7 Å². The summed E-state index contributed by atoms with van der Waals surface area (Å²) in [6.45, 7) is 0.0341. The van der Waals surface area contributed by atoms with Crippen LogP contribution < -0.4 is 11.0 Å². The van der Waals surface area contributed by atoms with Gasteiger partial charge in [0.25, 0.3) is 5.56 Å². The van der Waals surface area contributed by atoms with Crippen molar-refractivity contribution >= 4 is 28.3 Å². The first-order valence-electron chi connectivity index (χ1n) is 9.27. The molecule has 0 fully saturated rings. The first-order chi connectivity index (χ1) is 14.6. The third kappa shape index (κ3) is 3.65. The molecule has 4 rings (SSSR count). The molecule has 150 valence electrons. The van der Waals surface area contributed by atoms with Crippen LogP contribution in [0.3, 0.4) is 0 Å². The van der Waals surface area contributed by atoms with Crippen LogP contribution in [0, 0.1) is 0 Å². The SMILES string of the molecule is CNn1c(C(=O)OCc2cccnc2)c(-c2ccccc2)c2cc(Cl)ccc2c1=O. The Kier molecular flexibility index (Phi) is 5.50. The van der Waals surface area contributed by atoms with E-state index >= 15 is 0 Å². The molecule has 0 amide bonds. The Labute approximate surface area is 177 Å². The third-order valence-corrected chi connectivity index (χ3v) is 4.95. The van der Waals surface area contributed by atoms with Gasteiger partial charge in [-0.3, -0.25) is 9.78 Å². The summed E-state index contributed by atoms with van der Waals surface area (Å²) in [6.07, 6.45) is 3.27. The summed E-state index contributed by atoms with van der Waals surface area (Å²) in [6, 6.07) is 17.9. The second kappa shape index (κ2) is 8.39. The molecule has 7 heteroatoms. The van der Waals surface area contributed by atoms with Crippen molar-refractivity contribution in [3.8, 4) is 11.1 Å². The molecule has 0 spiro atoms. The van der Waals surface area contributed by atoms with Gasteiger partial charge in [-0.1, -0.05) is 48.0 Å². The fraction of sp³-hybridized carbons (Fsp3) is 0.0870. The van der Waals surface area contributed by atoms with Crippen molar-refractivity contribution in [1.29, 1.82) is 0 Å². The van der Waals surface area contributed by atoms with Crippen LogP contribution in [0.4, 0.5) is 0 Å². The highest BCUT2D eigenvalue weighted by atomic mass is 35.5. The zero-order chi connectivity index (χ0) is 21.1. The number of carbonyl (C=O) groups is 1. The summed E-state index contributed by atoms with van der Waals surface area (Å²) >= 11 is 6.23. The number of fused-ring (bicyclic) bond motifs is 1. The van der Waals surface area contributed by atoms with Gasteiger partial charge >= 0.3 is 5.97 Å². The molecule has 0 unspecified atom stereocenters. The lowest BCUT2D eigenvalue weighted by Gasteiger charge is -2.19. The Balaban J connectivity index is 1.94. The van der Waals surface area contributed by atoms with Crippen LogP contribution in [0.2, 0.25) is 5.02 Å². The van der Waals surface area contributed by atoms with E-state index in [9.17, 15) is 9.59 Å². The van der Waals surface area contributed by atoms with E-state index in [2.05, 4.69) is 10.4 Å². The van der Waals surface area contributed by atoms with Gasteiger partial charge in [-0.2, -0.15) is 0 Å². The Bertz CT molecular complexity index is 1270. The van der Waals surface area contributed by atoms with Crippen molar-refractivity contribution in [2.24, 2.45) is 0 Å². The Morgan fingerprint density at radius 1 is 1.10 bits per heavy atom. The lowest BCUT2D eigenvalue weighted by Crippen LogP contribution is -2.33. The summed E-state index contributed by atoms with van der Waals surface area (Å²) in [5.74, 6) is -0.633. The highest BCUT2D eigenvalue weighted by molar-refractivity contribution is 6.31. The van der Waals surface area contributed by atoms with Crippen LogP contribution in [0.25, 0.3) is 21.9 Å². The number of ether oxygens (including phenoxy) is 1. The van der Waals surface area contributed by atoms with Crippen molar-refractivity contribution in [3.63, 3.8) is 0 Å². The molecular weight excluding hydrogens is 402 g/mol. The predicted octanol–water partition coefficient (Wildman–Crippen LogP) is 4.25. The standard InChI is InChI=1S/C23H18ClN3O3/c1-25-27-21(23(29)30-14-15-6-5-11-26-13-15)20(16-7-3-2-4-8-16)19-12-17(24)9-10-18(19)22(27)28/h2-13,25H,14H2,1H3. The van der Waals surface area contributed by atoms with E-state index in [0.717, 1.165) is 11.1 Å². The predicted molar refractivity (Wildman–Crippen MR) is 117 cm³/mol. The maximum absolute atomic E-state index is 13.2. The van der Waals surface area contributed by atoms with Gasteiger partial charge in [-0.25, -0.2) is 9.47 Å². The van der Waals surface area contributed by atoms with Crippen molar-refractivity contribution in [1.82, 2.24) is 9.66 Å². The van der Waals surface area contributed by atoms with Gasteiger partial charge in [-0.05, 0) is 35.2 Å². The van der Waals surface area contributed by atoms with Gasteiger partial charge in [-0.15, -0.1) is 0 Å². The monoisotopic (exact) mass is 419 g/mol. The smallest absolute Gasteiger partial charge is 0.358 e. The number of nitrogens with zero attached hydrogens (tertiary/aromatic N) is 2. The molecule has 0 saturated carbocycles. The second-order valence-corrected chi connectivity index (χ2v) is 7.02. The van der Waals surface area contributed by atoms with Gasteiger partial charge in [0.2, 0.25) is 0 Å². The molecule has 2 aromatic heterocycles. The molecule has 0 atom stereocenters. The van der Waals surface area contributed by atoms with E-state index in [4.69, 9.17) is 16.3 Å². The average molecular weight is 420 g/mol. The van der Waals surface area contributed by atoms with E-state index in [1.54, 1.807) is 43.7 Å². The second-order valence-electron chi connectivity index (χ2n) is 6.58. The van der Waals surface area contributed by atoms with Crippen LogP contribution in [-0.2, 0) is 11.3 Å². The molecule has 0 aliphatic carbocycles. The van der Waals surface area contributed by atoms with Crippen molar-refractivity contribution < 1.29 is 9.53 Å². The number of nitrogens with one attached hydrogen (secondary N) is 1. The molecule has 1 N–H and O–H groups in total. The van der Waals surface area contributed by atoms with Gasteiger partial charge in [0.1, 0.15) is 6.61 Å². The topological polar surface area (TPSA) is 73.2 Å². The Hall–Kier alpha value is -3.64. The Morgan fingerprint density at radius 2 is 1.90 bits per heavy atom. The first-order valence-corrected chi connectivity index (χ1v) is 9.65. The summed E-state index contributed by atoms with van der Waals surface area (Å²) in [7, 11) is 1.58. The fourth-order valence-corrected chi connectivity index (χ4v) is 3.55. The molecule has 0 aliphatic rings. The average Bonchev–Trinajstić information content (AvgIpc) is 2.78. The molecule has 0 saturated heterocycles. The minimum absolute atomic E-state index is 0.0341. The number of pyridine rings is 2. The van der Waals surface area contributed by atoms with E-state index in [0.29, 0.717) is 21.4 Å². The number of halogens is 1. The van der Waals surface area contributed by atoms with Crippen LogP contribution in [0.5, 0.6) is 0 Å². The number of hydrogen-bond donors (Lipinski definition) is 1. The largest absolute Gasteiger partial charge is 0.456 e. The number of esters is 1. The van der Waals surface area contributed by atoms with Gasteiger partial charge < -0.3 is 10.2 Å². The zero-order valence-electron chi connectivity index (χ0n) is 16.1. The molecule has 4 aromatic rings. The maximum Gasteiger partial charge on any atom is 0.358 e. The van der Waals surface area contributed by atoms with Gasteiger partial charge in [0.15, 0.2) is 5.69 Å². The Morgan fingerprint density at radius 3 is 2.60 bits per heavy atom. The maximum atomic E-state index is 13.2.